The highest BCUT2D eigenvalue weighted by atomic mass is 19.4. The van der Waals surface area contributed by atoms with Gasteiger partial charge in [0.2, 0.25) is 17.7 Å². The summed E-state index contributed by atoms with van der Waals surface area (Å²) in [5.74, 6) is -0.873. The summed E-state index contributed by atoms with van der Waals surface area (Å²) in [5, 5.41) is 5.19. The molecule has 2 heterocycles. The Morgan fingerprint density at radius 2 is 2.23 bits per heavy atom. The maximum atomic E-state index is 12.0. The number of carbonyl (C=O) groups excluding carboxylic acids is 2. The summed E-state index contributed by atoms with van der Waals surface area (Å²) in [7, 11) is 0. The molecule has 1 fully saturated rings. The van der Waals surface area contributed by atoms with Crippen LogP contribution in [0.4, 0.5) is 18.9 Å². The standard InChI is InChI=1S/C13H14F3N3O3/c14-13(15,16)7-22-11-4-2-9(6-18-11)19-12(21)8-1-3-10(20)17-5-8/h2,4,6,8H,1,3,5,7H2,(H,17,20)(H,19,21). The first kappa shape index (κ1) is 16.1. The fourth-order valence-electron chi connectivity index (χ4n) is 1.90. The van der Waals surface area contributed by atoms with Crippen LogP contribution in [0.3, 0.4) is 0 Å². The molecule has 22 heavy (non-hydrogen) atoms. The first-order valence-corrected chi connectivity index (χ1v) is 6.56. The van der Waals surface area contributed by atoms with Crippen LogP contribution < -0.4 is 15.4 Å². The minimum atomic E-state index is -4.43. The van der Waals surface area contributed by atoms with Gasteiger partial charge in [0.05, 0.1) is 17.8 Å². The van der Waals surface area contributed by atoms with Crippen molar-refractivity contribution in [3.05, 3.63) is 18.3 Å². The number of anilines is 1. The molecular weight excluding hydrogens is 303 g/mol. The Hall–Kier alpha value is -2.32. The summed E-state index contributed by atoms with van der Waals surface area (Å²) in [6.07, 6.45) is -2.47. The molecule has 0 aromatic carbocycles. The van der Waals surface area contributed by atoms with Crippen molar-refractivity contribution in [3.8, 4) is 5.88 Å². The van der Waals surface area contributed by atoms with Crippen LogP contribution in [-0.4, -0.2) is 36.1 Å². The van der Waals surface area contributed by atoms with Crippen LogP contribution in [-0.2, 0) is 9.59 Å². The third-order valence-corrected chi connectivity index (χ3v) is 3.02. The molecule has 0 aliphatic carbocycles. The van der Waals surface area contributed by atoms with Gasteiger partial charge in [-0.1, -0.05) is 0 Å². The van der Waals surface area contributed by atoms with E-state index in [0.717, 1.165) is 0 Å². The highest BCUT2D eigenvalue weighted by molar-refractivity contribution is 5.93. The van der Waals surface area contributed by atoms with Crippen molar-refractivity contribution in [1.82, 2.24) is 10.3 Å². The second-order valence-corrected chi connectivity index (χ2v) is 4.82. The third-order valence-electron chi connectivity index (χ3n) is 3.02. The lowest BCUT2D eigenvalue weighted by Gasteiger charge is -2.21. The molecule has 2 N–H and O–H groups in total. The largest absolute Gasteiger partial charge is 0.468 e. The number of ether oxygens (including phenoxy) is 1. The Morgan fingerprint density at radius 1 is 1.45 bits per heavy atom. The van der Waals surface area contributed by atoms with E-state index in [0.29, 0.717) is 18.5 Å². The normalized spacial score (nSPS) is 18.5. The lowest BCUT2D eigenvalue weighted by molar-refractivity contribution is -0.154. The van der Waals surface area contributed by atoms with Gasteiger partial charge in [-0.25, -0.2) is 4.98 Å². The van der Waals surface area contributed by atoms with Crippen LogP contribution in [0, 0.1) is 5.92 Å². The summed E-state index contributed by atoms with van der Waals surface area (Å²) < 4.78 is 40.4. The molecule has 0 spiro atoms. The van der Waals surface area contributed by atoms with Gasteiger partial charge >= 0.3 is 6.18 Å². The summed E-state index contributed by atoms with van der Waals surface area (Å²) >= 11 is 0. The molecule has 1 saturated heterocycles. The van der Waals surface area contributed by atoms with Gasteiger partial charge in [-0.05, 0) is 12.5 Å². The number of halogens is 3. The Labute approximate surface area is 124 Å². The highest BCUT2D eigenvalue weighted by Gasteiger charge is 2.28. The van der Waals surface area contributed by atoms with E-state index in [4.69, 9.17) is 0 Å². The van der Waals surface area contributed by atoms with E-state index in [9.17, 15) is 22.8 Å². The average Bonchev–Trinajstić information content (AvgIpc) is 2.46. The number of rotatable bonds is 4. The van der Waals surface area contributed by atoms with Crippen LogP contribution in [0.5, 0.6) is 5.88 Å². The first-order chi connectivity index (χ1) is 10.3. The molecule has 6 nitrogen and oxygen atoms in total. The predicted molar refractivity (Wildman–Crippen MR) is 70.2 cm³/mol. The Kier molecular flexibility index (Phi) is 4.84. The molecule has 2 rings (SSSR count). The monoisotopic (exact) mass is 317 g/mol. The molecule has 1 unspecified atom stereocenters. The maximum absolute atomic E-state index is 12.0. The van der Waals surface area contributed by atoms with Crippen molar-refractivity contribution in [1.29, 1.82) is 0 Å². The van der Waals surface area contributed by atoms with E-state index < -0.39 is 12.8 Å². The number of alkyl halides is 3. The predicted octanol–water partition coefficient (Wildman–Crippen LogP) is 1.49. The SMILES string of the molecule is O=C1CCC(C(=O)Nc2ccc(OCC(F)(F)F)nc2)CN1. The topological polar surface area (TPSA) is 80.3 Å². The van der Waals surface area contributed by atoms with Crippen LogP contribution in [0.2, 0.25) is 0 Å². The van der Waals surface area contributed by atoms with E-state index in [1.807, 2.05) is 0 Å². The van der Waals surface area contributed by atoms with Crippen molar-refractivity contribution < 1.29 is 27.5 Å². The molecule has 1 aliphatic rings. The van der Waals surface area contributed by atoms with Gasteiger partial charge in [-0.15, -0.1) is 0 Å². The van der Waals surface area contributed by atoms with Gasteiger partial charge in [0.15, 0.2) is 6.61 Å². The number of carbonyl (C=O) groups is 2. The van der Waals surface area contributed by atoms with Gasteiger partial charge < -0.3 is 15.4 Å². The quantitative estimate of drug-likeness (QED) is 0.881. The first-order valence-electron chi connectivity index (χ1n) is 6.56. The molecule has 120 valence electrons. The minimum absolute atomic E-state index is 0.0862. The lowest BCUT2D eigenvalue weighted by Crippen LogP contribution is -2.40. The van der Waals surface area contributed by atoms with Crippen molar-refractivity contribution in [2.24, 2.45) is 5.92 Å². The number of nitrogens with one attached hydrogen (secondary N) is 2. The van der Waals surface area contributed by atoms with Gasteiger partial charge in [-0.3, -0.25) is 9.59 Å². The Balaban J connectivity index is 1.85. The fraction of sp³-hybridized carbons (Fsp3) is 0.462. The van der Waals surface area contributed by atoms with Gasteiger partial charge in [-0.2, -0.15) is 13.2 Å². The zero-order valence-corrected chi connectivity index (χ0v) is 11.4. The maximum Gasteiger partial charge on any atom is 0.422 e. The molecule has 0 bridgehead atoms. The number of pyridine rings is 1. The van der Waals surface area contributed by atoms with Crippen LogP contribution in [0.25, 0.3) is 0 Å². The second kappa shape index (κ2) is 6.63. The van der Waals surface area contributed by atoms with Crippen molar-refractivity contribution >= 4 is 17.5 Å². The zero-order valence-electron chi connectivity index (χ0n) is 11.4. The summed E-state index contributed by atoms with van der Waals surface area (Å²) in [4.78, 5) is 26.6. The molecule has 1 aliphatic heterocycles. The van der Waals surface area contributed by atoms with E-state index in [-0.39, 0.29) is 30.2 Å². The van der Waals surface area contributed by atoms with Crippen molar-refractivity contribution in [2.45, 2.75) is 19.0 Å². The smallest absolute Gasteiger partial charge is 0.422 e. The molecule has 1 aromatic rings. The number of hydrogen-bond donors (Lipinski definition) is 2. The van der Waals surface area contributed by atoms with Gasteiger partial charge in [0.25, 0.3) is 0 Å². The fourth-order valence-corrected chi connectivity index (χ4v) is 1.90. The summed E-state index contributed by atoms with van der Waals surface area (Å²) in [6, 6.07) is 2.64. The third kappa shape index (κ3) is 4.90. The van der Waals surface area contributed by atoms with E-state index in [2.05, 4.69) is 20.4 Å². The summed E-state index contributed by atoms with van der Waals surface area (Å²) in [6.45, 7) is -1.15. The van der Waals surface area contributed by atoms with E-state index in [1.54, 1.807) is 0 Å². The van der Waals surface area contributed by atoms with Gasteiger partial charge in [0.1, 0.15) is 0 Å². The number of aromatic nitrogens is 1. The number of piperidine rings is 1. The van der Waals surface area contributed by atoms with E-state index in [1.165, 1.54) is 18.3 Å². The van der Waals surface area contributed by atoms with Gasteiger partial charge in [0, 0.05) is 19.0 Å². The van der Waals surface area contributed by atoms with Crippen molar-refractivity contribution in [2.75, 3.05) is 18.5 Å². The average molecular weight is 317 g/mol. The number of nitrogens with zero attached hydrogens (tertiary/aromatic N) is 1. The second-order valence-electron chi connectivity index (χ2n) is 4.82. The zero-order chi connectivity index (χ0) is 16.2. The molecule has 1 atom stereocenters. The molecule has 0 radical (unpaired) electrons. The minimum Gasteiger partial charge on any atom is -0.468 e. The molecule has 0 saturated carbocycles. The van der Waals surface area contributed by atoms with Crippen molar-refractivity contribution in [3.63, 3.8) is 0 Å². The van der Waals surface area contributed by atoms with Crippen LogP contribution >= 0.6 is 0 Å². The lowest BCUT2D eigenvalue weighted by atomic mass is 9.98. The Morgan fingerprint density at radius 3 is 2.77 bits per heavy atom. The molecule has 1 aromatic heterocycles. The number of amides is 2. The van der Waals surface area contributed by atoms with E-state index >= 15 is 0 Å². The molecule has 9 heteroatoms. The number of hydrogen-bond acceptors (Lipinski definition) is 4. The summed E-state index contributed by atoms with van der Waals surface area (Å²) in [5.41, 5.74) is 0.348. The Bertz CT molecular complexity index is 536. The van der Waals surface area contributed by atoms with Crippen LogP contribution in [0.1, 0.15) is 12.8 Å². The van der Waals surface area contributed by atoms with Crippen LogP contribution in [0.15, 0.2) is 18.3 Å². The highest BCUT2D eigenvalue weighted by Crippen LogP contribution is 2.19. The molecule has 2 amide bonds. The molecular formula is C13H14F3N3O3.